The summed E-state index contributed by atoms with van der Waals surface area (Å²) in [6, 6.07) is 12.6. The van der Waals surface area contributed by atoms with Crippen LogP contribution in [-0.4, -0.2) is 7.05 Å². The second kappa shape index (κ2) is 6.27. The van der Waals surface area contributed by atoms with E-state index in [1.165, 1.54) is 17.7 Å². The molecule has 2 aromatic carbocycles. The zero-order chi connectivity index (χ0) is 15.5. The summed E-state index contributed by atoms with van der Waals surface area (Å²) >= 11 is 0. The fourth-order valence-corrected chi connectivity index (χ4v) is 2.13. The highest BCUT2D eigenvalue weighted by atomic mass is 19.1. The predicted octanol–water partition coefficient (Wildman–Crippen LogP) is 4.63. The van der Waals surface area contributed by atoms with Crippen LogP contribution in [0.25, 0.3) is 0 Å². The first-order valence-electron chi connectivity index (χ1n) is 7.11. The lowest BCUT2D eigenvalue weighted by Gasteiger charge is -2.19. The molecule has 3 heteroatoms. The van der Waals surface area contributed by atoms with Gasteiger partial charge in [-0.25, -0.2) is 4.39 Å². The lowest BCUT2D eigenvalue weighted by atomic mass is 9.87. The highest BCUT2D eigenvalue weighted by Crippen LogP contribution is 2.29. The topological polar surface area (TPSA) is 21.3 Å². The van der Waals surface area contributed by atoms with Crippen LogP contribution >= 0.6 is 0 Å². The van der Waals surface area contributed by atoms with Gasteiger partial charge in [0.25, 0.3) is 0 Å². The van der Waals surface area contributed by atoms with Crippen LogP contribution in [-0.2, 0) is 12.0 Å². The maximum absolute atomic E-state index is 13.3. The zero-order valence-electron chi connectivity index (χ0n) is 13.0. The Hall–Kier alpha value is -1.87. The smallest absolute Gasteiger partial charge is 0.132 e. The lowest BCUT2D eigenvalue weighted by molar-refractivity contribution is 0.470. The quantitative estimate of drug-likeness (QED) is 0.885. The fourth-order valence-electron chi connectivity index (χ4n) is 2.13. The summed E-state index contributed by atoms with van der Waals surface area (Å²) in [7, 11) is 1.83. The summed E-state index contributed by atoms with van der Waals surface area (Å²) in [5, 5.41) is 3.02. The van der Waals surface area contributed by atoms with Gasteiger partial charge in [0, 0.05) is 12.1 Å². The van der Waals surface area contributed by atoms with E-state index < -0.39 is 0 Å². The second-order valence-corrected chi connectivity index (χ2v) is 6.16. The van der Waals surface area contributed by atoms with Gasteiger partial charge in [-0.05, 0) is 48.4 Å². The monoisotopic (exact) mass is 287 g/mol. The van der Waals surface area contributed by atoms with E-state index in [1.54, 1.807) is 6.07 Å². The van der Waals surface area contributed by atoms with Gasteiger partial charge < -0.3 is 10.1 Å². The Morgan fingerprint density at radius 1 is 1.05 bits per heavy atom. The van der Waals surface area contributed by atoms with E-state index in [1.807, 2.05) is 19.2 Å². The average Bonchev–Trinajstić information content (AvgIpc) is 2.42. The molecule has 21 heavy (non-hydrogen) atoms. The van der Waals surface area contributed by atoms with Crippen molar-refractivity contribution in [2.75, 3.05) is 7.05 Å². The normalized spacial score (nSPS) is 11.5. The molecule has 0 aliphatic rings. The Bertz CT molecular complexity index is 600. The summed E-state index contributed by atoms with van der Waals surface area (Å²) in [4.78, 5) is 0. The molecular weight excluding hydrogens is 265 g/mol. The maximum atomic E-state index is 13.3. The Balaban J connectivity index is 2.22. The van der Waals surface area contributed by atoms with E-state index in [2.05, 4.69) is 38.2 Å². The van der Waals surface area contributed by atoms with Gasteiger partial charge in [-0.15, -0.1) is 0 Å². The molecule has 0 atom stereocenters. The lowest BCUT2D eigenvalue weighted by Crippen LogP contribution is -2.10. The molecule has 2 nitrogen and oxygen atoms in total. The van der Waals surface area contributed by atoms with Gasteiger partial charge in [0.05, 0.1) is 0 Å². The van der Waals surface area contributed by atoms with Crippen LogP contribution in [0.1, 0.15) is 31.9 Å². The SMILES string of the molecule is CNCc1cc(F)ccc1Oc1ccc(C(C)(C)C)cc1. The van der Waals surface area contributed by atoms with E-state index in [0.29, 0.717) is 12.3 Å². The molecule has 2 rings (SSSR count). The molecule has 0 aromatic heterocycles. The number of halogens is 1. The molecule has 0 aliphatic heterocycles. The third-order valence-electron chi connectivity index (χ3n) is 3.34. The van der Waals surface area contributed by atoms with Crippen molar-refractivity contribution < 1.29 is 9.13 Å². The van der Waals surface area contributed by atoms with Gasteiger partial charge >= 0.3 is 0 Å². The summed E-state index contributed by atoms with van der Waals surface area (Å²) in [6.45, 7) is 7.09. The number of hydrogen-bond donors (Lipinski definition) is 1. The Morgan fingerprint density at radius 3 is 2.29 bits per heavy atom. The Kier molecular flexibility index (Phi) is 4.63. The molecule has 0 radical (unpaired) electrons. The fraction of sp³-hybridized carbons (Fsp3) is 0.333. The molecule has 0 bridgehead atoms. The first-order valence-corrected chi connectivity index (χ1v) is 7.11. The van der Waals surface area contributed by atoms with E-state index in [4.69, 9.17) is 4.74 Å². The summed E-state index contributed by atoms with van der Waals surface area (Å²) in [5.74, 6) is 1.18. The van der Waals surface area contributed by atoms with Gasteiger partial charge in [-0.2, -0.15) is 0 Å². The highest BCUT2D eigenvalue weighted by Gasteiger charge is 2.13. The number of nitrogens with one attached hydrogen (secondary N) is 1. The van der Waals surface area contributed by atoms with E-state index in [-0.39, 0.29) is 11.2 Å². The molecule has 112 valence electrons. The number of rotatable bonds is 4. The van der Waals surface area contributed by atoms with Crippen molar-refractivity contribution in [3.05, 3.63) is 59.4 Å². The van der Waals surface area contributed by atoms with Crippen molar-refractivity contribution in [3.8, 4) is 11.5 Å². The second-order valence-electron chi connectivity index (χ2n) is 6.16. The average molecular weight is 287 g/mol. The number of ether oxygens (including phenoxy) is 1. The number of benzene rings is 2. The first-order chi connectivity index (χ1) is 9.90. The molecule has 0 fully saturated rings. The summed E-state index contributed by atoms with van der Waals surface area (Å²) < 4.78 is 19.2. The van der Waals surface area contributed by atoms with Crippen LogP contribution in [0.2, 0.25) is 0 Å². The summed E-state index contributed by atoms with van der Waals surface area (Å²) in [5.41, 5.74) is 2.17. The minimum absolute atomic E-state index is 0.117. The van der Waals surface area contributed by atoms with Crippen LogP contribution < -0.4 is 10.1 Å². The van der Waals surface area contributed by atoms with Crippen molar-refractivity contribution in [1.29, 1.82) is 0 Å². The first kappa shape index (κ1) is 15.5. The molecule has 0 saturated carbocycles. The molecule has 0 aliphatic carbocycles. The highest BCUT2D eigenvalue weighted by molar-refractivity contribution is 5.39. The minimum atomic E-state index is -0.254. The van der Waals surface area contributed by atoms with Gasteiger partial charge in [-0.3, -0.25) is 0 Å². The van der Waals surface area contributed by atoms with E-state index in [0.717, 1.165) is 11.3 Å². The Labute approximate surface area is 126 Å². The third-order valence-corrected chi connectivity index (χ3v) is 3.34. The largest absolute Gasteiger partial charge is 0.457 e. The van der Waals surface area contributed by atoms with Crippen LogP contribution in [0.5, 0.6) is 11.5 Å². The van der Waals surface area contributed by atoms with Crippen molar-refractivity contribution in [2.45, 2.75) is 32.7 Å². The van der Waals surface area contributed by atoms with Crippen molar-refractivity contribution in [1.82, 2.24) is 5.32 Å². The molecule has 0 saturated heterocycles. The zero-order valence-corrected chi connectivity index (χ0v) is 13.0. The van der Waals surface area contributed by atoms with Crippen molar-refractivity contribution in [3.63, 3.8) is 0 Å². The summed E-state index contributed by atoms with van der Waals surface area (Å²) in [6.07, 6.45) is 0. The molecule has 1 N–H and O–H groups in total. The molecule has 0 unspecified atom stereocenters. The van der Waals surface area contributed by atoms with Crippen LogP contribution in [0, 0.1) is 5.82 Å². The molecule has 2 aromatic rings. The van der Waals surface area contributed by atoms with E-state index >= 15 is 0 Å². The standard InChI is InChI=1S/C18H22FNO/c1-18(2,3)14-5-8-16(9-6-14)21-17-10-7-15(19)11-13(17)12-20-4/h5-11,20H,12H2,1-4H3. The van der Waals surface area contributed by atoms with Gasteiger partial charge in [0.15, 0.2) is 0 Å². The van der Waals surface area contributed by atoms with Crippen LogP contribution in [0.4, 0.5) is 4.39 Å². The van der Waals surface area contributed by atoms with Gasteiger partial charge in [0.2, 0.25) is 0 Å². The van der Waals surface area contributed by atoms with E-state index in [9.17, 15) is 4.39 Å². The van der Waals surface area contributed by atoms with Gasteiger partial charge in [-0.1, -0.05) is 32.9 Å². The van der Waals surface area contributed by atoms with Gasteiger partial charge in [0.1, 0.15) is 17.3 Å². The third kappa shape index (κ3) is 4.05. The molecular formula is C18H22FNO. The maximum Gasteiger partial charge on any atom is 0.132 e. The van der Waals surface area contributed by atoms with Crippen molar-refractivity contribution >= 4 is 0 Å². The van der Waals surface area contributed by atoms with Crippen LogP contribution in [0.3, 0.4) is 0 Å². The Morgan fingerprint density at radius 2 is 1.71 bits per heavy atom. The van der Waals surface area contributed by atoms with Crippen molar-refractivity contribution in [2.24, 2.45) is 0 Å². The predicted molar refractivity (Wildman–Crippen MR) is 84.4 cm³/mol. The number of hydrogen-bond acceptors (Lipinski definition) is 2. The molecule has 0 amide bonds. The minimum Gasteiger partial charge on any atom is -0.457 e. The molecule has 0 heterocycles. The van der Waals surface area contributed by atoms with Crippen LogP contribution in [0.15, 0.2) is 42.5 Å². The molecule has 0 spiro atoms.